The van der Waals surface area contributed by atoms with E-state index >= 15 is 0 Å². The van der Waals surface area contributed by atoms with Gasteiger partial charge >= 0.3 is 0 Å². The van der Waals surface area contributed by atoms with E-state index in [2.05, 4.69) is 19.2 Å². The number of hydrogen-bond acceptors (Lipinski definition) is 4. The van der Waals surface area contributed by atoms with E-state index in [1.54, 1.807) is 12.1 Å². The summed E-state index contributed by atoms with van der Waals surface area (Å²) in [5.41, 5.74) is 12.2. The fraction of sp³-hybridized carbons (Fsp3) is 0.292. The minimum absolute atomic E-state index is 0.155. The molecule has 1 aliphatic carbocycles. The Morgan fingerprint density at radius 2 is 1.90 bits per heavy atom. The normalized spacial score (nSPS) is 12.4. The average molecular weight is 404 g/mol. The Balaban J connectivity index is 1.65. The lowest BCUT2D eigenvalue weighted by Gasteiger charge is -2.21. The van der Waals surface area contributed by atoms with E-state index in [0.29, 0.717) is 18.2 Å². The molecule has 0 spiro atoms. The smallest absolute Gasteiger partial charge is 0.229 e. The molecule has 0 unspecified atom stereocenters. The van der Waals surface area contributed by atoms with Gasteiger partial charge in [-0.2, -0.15) is 0 Å². The standard InChI is InChI=1S/C24H25FN4O/c1-14(2)11-21-24(29-22(30)12-15-3-6-17(25)7-4-15)28-20-10-5-16-13-18(26)8-9-19(16)23(20)27-21/h3-4,6-9,13-14H,5,10-12,26H2,1-2H3,(H,28,29,30). The van der Waals surface area contributed by atoms with Crippen molar-refractivity contribution in [2.24, 2.45) is 5.92 Å². The number of nitrogens with two attached hydrogens (primary N) is 1. The molecule has 0 saturated heterocycles. The van der Waals surface area contributed by atoms with Crippen LogP contribution in [0, 0.1) is 11.7 Å². The van der Waals surface area contributed by atoms with Gasteiger partial charge in [0, 0.05) is 11.3 Å². The first-order chi connectivity index (χ1) is 14.4. The molecule has 6 heteroatoms. The number of carbonyl (C=O) groups excluding carboxylic acids is 1. The maximum absolute atomic E-state index is 13.1. The first kappa shape index (κ1) is 20.0. The predicted molar refractivity (Wildman–Crippen MR) is 117 cm³/mol. The summed E-state index contributed by atoms with van der Waals surface area (Å²) in [4.78, 5) is 22.3. The molecule has 0 fully saturated rings. The highest BCUT2D eigenvalue weighted by molar-refractivity contribution is 5.92. The quantitative estimate of drug-likeness (QED) is 0.620. The number of anilines is 2. The zero-order chi connectivity index (χ0) is 21.3. The van der Waals surface area contributed by atoms with Gasteiger partial charge in [0.25, 0.3) is 0 Å². The molecule has 5 nitrogen and oxygen atoms in total. The fourth-order valence-electron chi connectivity index (χ4n) is 3.79. The van der Waals surface area contributed by atoms with E-state index in [1.807, 2.05) is 18.2 Å². The lowest BCUT2D eigenvalue weighted by molar-refractivity contribution is -0.115. The van der Waals surface area contributed by atoms with Crippen LogP contribution in [0.2, 0.25) is 0 Å². The second-order valence-electron chi connectivity index (χ2n) is 8.18. The lowest BCUT2D eigenvalue weighted by atomic mass is 9.91. The van der Waals surface area contributed by atoms with Crippen LogP contribution in [-0.2, 0) is 30.5 Å². The van der Waals surface area contributed by atoms with Gasteiger partial charge in [0.15, 0.2) is 5.82 Å². The molecule has 2 aromatic carbocycles. The Labute approximate surface area is 175 Å². The Hall–Kier alpha value is -3.28. The highest BCUT2D eigenvalue weighted by Gasteiger charge is 2.23. The average Bonchev–Trinajstić information content (AvgIpc) is 2.69. The zero-order valence-electron chi connectivity index (χ0n) is 17.2. The summed E-state index contributed by atoms with van der Waals surface area (Å²) < 4.78 is 13.1. The number of nitrogen functional groups attached to an aromatic ring is 1. The second-order valence-corrected chi connectivity index (χ2v) is 8.18. The molecule has 0 radical (unpaired) electrons. The SMILES string of the molecule is CC(C)Cc1nc2c(nc1NC(=O)Cc1ccc(F)cc1)CCc1cc(N)ccc1-2. The summed E-state index contributed by atoms with van der Waals surface area (Å²) >= 11 is 0. The van der Waals surface area contributed by atoms with Gasteiger partial charge in [-0.25, -0.2) is 14.4 Å². The zero-order valence-corrected chi connectivity index (χ0v) is 17.2. The number of carbonyl (C=O) groups is 1. The predicted octanol–water partition coefficient (Wildman–Crippen LogP) is 4.34. The molecular formula is C24H25FN4O. The van der Waals surface area contributed by atoms with E-state index in [4.69, 9.17) is 15.7 Å². The summed E-state index contributed by atoms with van der Waals surface area (Å²) in [7, 11) is 0. The lowest BCUT2D eigenvalue weighted by Crippen LogP contribution is -2.20. The van der Waals surface area contributed by atoms with Gasteiger partial charge in [-0.3, -0.25) is 4.79 Å². The summed E-state index contributed by atoms with van der Waals surface area (Å²) in [5, 5.41) is 2.94. The Bertz CT molecular complexity index is 1090. The van der Waals surface area contributed by atoms with Gasteiger partial charge in [0.05, 0.1) is 23.5 Å². The van der Waals surface area contributed by atoms with Crippen LogP contribution in [0.3, 0.4) is 0 Å². The van der Waals surface area contributed by atoms with E-state index in [-0.39, 0.29) is 18.1 Å². The van der Waals surface area contributed by atoms with Crippen molar-refractivity contribution in [2.45, 2.75) is 39.5 Å². The molecule has 0 bridgehead atoms. The van der Waals surface area contributed by atoms with Crippen LogP contribution in [0.1, 0.15) is 36.4 Å². The number of fused-ring (bicyclic) bond motifs is 3. The third-order valence-corrected chi connectivity index (χ3v) is 5.19. The van der Waals surface area contributed by atoms with Gasteiger partial charge in [0.1, 0.15) is 5.82 Å². The highest BCUT2D eigenvalue weighted by atomic mass is 19.1. The van der Waals surface area contributed by atoms with Gasteiger partial charge in [0.2, 0.25) is 5.91 Å². The van der Waals surface area contributed by atoms with Gasteiger partial charge < -0.3 is 11.1 Å². The number of aryl methyl sites for hydroxylation is 2. The molecule has 1 amide bonds. The third-order valence-electron chi connectivity index (χ3n) is 5.19. The first-order valence-electron chi connectivity index (χ1n) is 10.2. The van der Waals surface area contributed by atoms with Crippen molar-refractivity contribution in [1.29, 1.82) is 0 Å². The van der Waals surface area contributed by atoms with Crippen molar-refractivity contribution in [3.63, 3.8) is 0 Å². The molecule has 1 aromatic heterocycles. The summed E-state index contributed by atoms with van der Waals surface area (Å²) in [6.45, 7) is 4.22. The molecule has 0 saturated carbocycles. The van der Waals surface area contributed by atoms with Gasteiger partial charge in [-0.1, -0.05) is 32.0 Å². The Morgan fingerprint density at radius 3 is 2.63 bits per heavy atom. The van der Waals surface area contributed by atoms with E-state index in [0.717, 1.165) is 46.7 Å². The molecule has 3 N–H and O–H groups in total. The van der Waals surface area contributed by atoms with Gasteiger partial charge in [-0.05, 0) is 60.6 Å². The first-order valence-corrected chi connectivity index (χ1v) is 10.2. The fourth-order valence-corrected chi connectivity index (χ4v) is 3.79. The van der Waals surface area contributed by atoms with Crippen molar-refractivity contribution in [1.82, 2.24) is 9.97 Å². The summed E-state index contributed by atoms with van der Waals surface area (Å²) in [6.07, 6.45) is 2.45. The second kappa shape index (κ2) is 8.22. The monoisotopic (exact) mass is 404 g/mol. The van der Waals surface area contributed by atoms with Crippen LogP contribution in [0.5, 0.6) is 0 Å². The molecule has 30 heavy (non-hydrogen) atoms. The topological polar surface area (TPSA) is 80.9 Å². The molecule has 4 rings (SSSR count). The van der Waals surface area contributed by atoms with Crippen LogP contribution in [0.15, 0.2) is 42.5 Å². The van der Waals surface area contributed by atoms with E-state index < -0.39 is 0 Å². The third kappa shape index (κ3) is 4.32. The molecule has 1 heterocycles. The van der Waals surface area contributed by atoms with Crippen LogP contribution < -0.4 is 11.1 Å². The van der Waals surface area contributed by atoms with E-state index in [9.17, 15) is 9.18 Å². The van der Waals surface area contributed by atoms with Crippen molar-refractivity contribution in [3.8, 4) is 11.3 Å². The number of nitrogens with one attached hydrogen (secondary N) is 1. The number of aromatic nitrogens is 2. The highest BCUT2D eigenvalue weighted by Crippen LogP contribution is 2.34. The number of nitrogens with zero attached hydrogens (tertiary/aromatic N) is 2. The van der Waals surface area contributed by atoms with Crippen molar-refractivity contribution < 1.29 is 9.18 Å². The van der Waals surface area contributed by atoms with Crippen molar-refractivity contribution in [3.05, 3.63) is 70.8 Å². The summed E-state index contributed by atoms with van der Waals surface area (Å²) in [5.74, 6) is 0.374. The largest absolute Gasteiger partial charge is 0.399 e. The number of hydrogen-bond donors (Lipinski definition) is 2. The minimum Gasteiger partial charge on any atom is -0.399 e. The molecule has 1 aliphatic rings. The van der Waals surface area contributed by atoms with Crippen molar-refractivity contribution >= 4 is 17.4 Å². The maximum atomic E-state index is 13.1. The minimum atomic E-state index is -0.319. The van der Waals surface area contributed by atoms with Crippen LogP contribution in [0.4, 0.5) is 15.9 Å². The number of amides is 1. The number of rotatable bonds is 5. The molecule has 0 aliphatic heterocycles. The molecule has 154 valence electrons. The van der Waals surface area contributed by atoms with Crippen LogP contribution in [-0.4, -0.2) is 15.9 Å². The van der Waals surface area contributed by atoms with E-state index in [1.165, 1.54) is 17.7 Å². The number of benzene rings is 2. The molecule has 3 aromatic rings. The Morgan fingerprint density at radius 1 is 1.13 bits per heavy atom. The molecular weight excluding hydrogens is 379 g/mol. The maximum Gasteiger partial charge on any atom is 0.229 e. The van der Waals surface area contributed by atoms with Gasteiger partial charge in [-0.15, -0.1) is 0 Å². The summed E-state index contributed by atoms with van der Waals surface area (Å²) in [6, 6.07) is 11.8. The van der Waals surface area contributed by atoms with Crippen molar-refractivity contribution in [2.75, 3.05) is 11.1 Å². The number of halogens is 1. The van der Waals surface area contributed by atoms with Crippen LogP contribution in [0.25, 0.3) is 11.3 Å². The Kier molecular flexibility index (Phi) is 5.48. The molecule has 0 atom stereocenters. The van der Waals surface area contributed by atoms with Crippen LogP contribution >= 0.6 is 0 Å².